The largest absolute Gasteiger partial charge is 0.466 e. The van der Waals surface area contributed by atoms with Crippen LogP contribution in [0.25, 0.3) is 0 Å². The Morgan fingerprint density at radius 1 is 1.13 bits per heavy atom. The molecule has 0 spiro atoms. The fourth-order valence-electron chi connectivity index (χ4n) is 2.05. The number of rotatable bonds is 4. The molecule has 0 bridgehead atoms. The molecule has 0 atom stereocenters. The van der Waals surface area contributed by atoms with Gasteiger partial charge in [0.15, 0.2) is 0 Å². The maximum atomic E-state index is 12.1. The van der Waals surface area contributed by atoms with Gasteiger partial charge < -0.3 is 9.15 Å². The van der Waals surface area contributed by atoms with Gasteiger partial charge in [-0.25, -0.2) is 5.43 Å². The molecule has 1 N–H and O–H groups in total. The highest BCUT2D eigenvalue weighted by molar-refractivity contribution is 6.01. The maximum Gasteiger partial charge on any atom is 0.308 e. The lowest BCUT2D eigenvalue weighted by Gasteiger charge is -2.04. The predicted molar refractivity (Wildman–Crippen MR) is 85.6 cm³/mol. The topological polar surface area (TPSA) is 80.9 Å². The van der Waals surface area contributed by atoms with Gasteiger partial charge in [0.05, 0.1) is 11.3 Å². The Hall–Kier alpha value is -2.89. The average Bonchev–Trinajstić information content (AvgIpc) is 2.83. The van der Waals surface area contributed by atoms with Crippen molar-refractivity contribution >= 4 is 17.6 Å². The summed E-state index contributed by atoms with van der Waals surface area (Å²) < 4.78 is 10.3. The zero-order valence-corrected chi connectivity index (χ0v) is 13.5. The summed E-state index contributed by atoms with van der Waals surface area (Å²) in [5, 5.41) is 4.08. The molecule has 0 unspecified atom stereocenters. The van der Waals surface area contributed by atoms with Gasteiger partial charge in [0.25, 0.3) is 5.91 Å². The van der Waals surface area contributed by atoms with Crippen LogP contribution in [0.5, 0.6) is 5.75 Å². The number of carbonyl (C=O) groups excluding carboxylic acids is 2. The summed E-state index contributed by atoms with van der Waals surface area (Å²) in [7, 11) is 0. The van der Waals surface area contributed by atoms with Crippen LogP contribution in [0.3, 0.4) is 0 Å². The van der Waals surface area contributed by atoms with E-state index in [4.69, 9.17) is 9.15 Å². The summed E-state index contributed by atoms with van der Waals surface area (Å²) >= 11 is 0. The SMILES string of the molecule is CC(=O)Oc1ccc(C(C)=NNC(=O)c2cc(C)oc2C)cc1. The van der Waals surface area contributed by atoms with E-state index in [1.807, 2.05) is 0 Å². The van der Waals surface area contributed by atoms with Gasteiger partial charge in [-0.3, -0.25) is 9.59 Å². The van der Waals surface area contributed by atoms with Gasteiger partial charge in [-0.05, 0) is 56.7 Å². The van der Waals surface area contributed by atoms with Crippen molar-refractivity contribution in [2.75, 3.05) is 0 Å². The molecule has 2 aromatic rings. The van der Waals surface area contributed by atoms with Crippen LogP contribution in [0.2, 0.25) is 0 Å². The van der Waals surface area contributed by atoms with Gasteiger partial charge in [-0.2, -0.15) is 5.10 Å². The van der Waals surface area contributed by atoms with E-state index in [1.165, 1.54) is 6.92 Å². The Balaban J connectivity index is 2.06. The fourth-order valence-corrected chi connectivity index (χ4v) is 2.05. The zero-order chi connectivity index (χ0) is 17.0. The average molecular weight is 314 g/mol. The van der Waals surface area contributed by atoms with E-state index in [9.17, 15) is 9.59 Å². The summed E-state index contributed by atoms with van der Waals surface area (Å²) in [6, 6.07) is 8.53. The number of hydrazone groups is 1. The lowest BCUT2D eigenvalue weighted by atomic mass is 10.1. The normalized spacial score (nSPS) is 11.2. The number of hydrogen-bond donors (Lipinski definition) is 1. The lowest BCUT2D eigenvalue weighted by molar-refractivity contribution is -0.131. The zero-order valence-electron chi connectivity index (χ0n) is 13.5. The molecule has 1 aromatic heterocycles. The molecule has 0 aliphatic carbocycles. The molecule has 23 heavy (non-hydrogen) atoms. The van der Waals surface area contributed by atoms with E-state index in [1.54, 1.807) is 51.1 Å². The molecule has 6 heteroatoms. The number of ether oxygens (including phenoxy) is 1. The minimum absolute atomic E-state index is 0.324. The van der Waals surface area contributed by atoms with E-state index < -0.39 is 0 Å². The van der Waals surface area contributed by atoms with E-state index in [0.29, 0.717) is 28.5 Å². The molecule has 0 saturated carbocycles. The van der Waals surface area contributed by atoms with Crippen LogP contribution >= 0.6 is 0 Å². The smallest absolute Gasteiger partial charge is 0.308 e. The van der Waals surface area contributed by atoms with Crippen LogP contribution in [0.1, 0.15) is 41.3 Å². The van der Waals surface area contributed by atoms with Crippen LogP contribution in [0.15, 0.2) is 39.9 Å². The van der Waals surface area contributed by atoms with Gasteiger partial charge in [-0.1, -0.05) is 0 Å². The van der Waals surface area contributed by atoms with Gasteiger partial charge >= 0.3 is 5.97 Å². The number of carbonyl (C=O) groups is 2. The van der Waals surface area contributed by atoms with E-state index in [0.717, 1.165) is 5.56 Å². The van der Waals surface area contributed by atoms with Crippen molar-refractivity contribution in [2.24, 2.45) is 5.10 Å². The first-order valence-corrected chi connectivity index (χ1v) is 7.07. The van der Waals surface area contributed by atoms with Crippen molar-refractivity contribution < 1.29 is 18.7 Å². The van der Waals surface area contributed by atoms with E-state index in [-0.39, 0.29) is 11.9 Å². The molecule has 0 aliphatic heterocycles. The summed E-state index contributed by atoms with van der Waals surface area (Å²) in [4.78, 5) is 22.9. The Kier molecular flexibility index (Phi) is 4.95. The van der Waals surface area contributed by atoms with Crippen molar-refractivity contribution in [1.82, 2.24) is 5.43 Å². The minimum atomic E-state index is -0.374. The van der Waals surface area contributed by atoms with E-state index >= 15 is 0 Å². The standard InChI is InChI=1S/C17H18N2O4/c1-10-9-16(12(3)22-10)17(21)19-18-11(2)14-5-7-15(8-6-14)23-13(4)20/h5-9H,1-4H3,(H,19,21). The molecule has 0 fully saturated rings. The third kappa shape index (κ3) is 4.29. The number of esters is 1. The Morgan fingerprint density at radius 3 is 2.30 bits per heavy atom. The second kappa shape index (κ2) is 6.91. The number of furan rings is 1. The van der Waals surface area contributed by atoms with Gasteiger partial charge in [0, 0.05) is 6.92 Å². The highest BCUT2D eigenvalue weighted by Gasteiger charge is 2.12. The molecule has 120 valence electrons. The van der Waals surface area contributed by atoms with Crippen LogP contribution < -0.4 is 10.2 Å². The van der Waals surface area contributed by atoms with Crippen LogP contribution in [-0.2, 0) is 4.79 Å². The first-order chi connectivity index (χ1) is 10.9. The van der Waals surface area contributed by atoms with Gasteiger partial charge in [-0.15, -0.1) is 0 Å². The Labute approximate surface area is 134 Å². The van der Waals surface area contributed by atoms with Crippen molar-refractivity contribution in [3.05, 3.63) is 53.0 Å². The number of aryl methyl sites for hydroxylation is 2. The Bertz CT molecular complexity index is 757. The molecule has 6 nitrogen and oxygen atoms in total. The number of amides is 1. The summed E-state index contributed by atoms with van der Waals surface area (Å²) in [6.07, 6.45) is 0. The third-order valence-corrected chi connectivity index (χ3v) is 3.14. The summed E-state index contributed by atoms with van der Waals surface area (Å²) in [5.74, 6) is 0.993. The minimum Gasteiger partial charge on any atom is -0.466 e. The Morgan fingerprint density at radius 2 is 1.78 bits per heavy atom. The first-order valence-electron chi connectivity index (χ1n) is 7.07. The second-order valence-corrected chi connectivity index (χ2v) is 5.08. The van der Waals surface area contributed by atoms with Crippen molar-refractivity contribution in [1.29, 1.82) is 0 Å². The molecule has 1 heterocycles. The highest BCUT2D eigenvalue weighted by Crippen LogP contribution is 2.14. The maximum absolute atomic E-state index is 12.1. The number of nitrogens with zero attached hydrogens (tertiary/aromatic N) is 1. The predicted octanol–water partition coefficient (Wildman–Crippen LogP) is 2.98. The molecule has 1 aromatic carbocycles. The summed E-state index contributed by atoms with van der Waals surface area (Å²) in [6.45, 7) is 6.62. The van der Waals surface area contributed by atoms with Gasteiger partial charge in [0.1, 0.15) is 17.3 Å². The van der Waals surface area contributed by atoms with Crippen molar-refractivity contribution in [2.45, 2.75) is 27.7 Å². The monoisotopic (exact) mass is 314 g/mol. The van der Waals surface area contributed by atoms with Crippen LogP contribution in [0.4, 0.5) is 0 Å². The first kappa shape index (κ1) is 16.5. The number of benzene rings is 1. The molecule has 2 rings (SSSR count). The van der Waals surface area contributed by atoms with Gasteiger partial charge in [0.2, 0.25) is 0 Å². The third-order valence-electron chi connectivity index (χ3n) is 3.14. The van der Waals surface area contributed by atoms with Crippen molar-refractivity contribution in [3.63, 3.8) is 0 Å². The highest BCUT2D eigenvalue weighted by atomic mass is 16.5. The number of hydrogen-bond acceptors (Lipinski definition) is 5. The summed E-state index contributed by atoms with van der Waals surface area (Å²) in [5.41, 5.74) is 4.40. The van der Waals surface area contributed by atoms with Crippen LogP contribution in [0, 0.1) is 13.8 Å². The van der Waals surface area contributed by atoms with Crippen LogP contribution in [-0.4, -0.2) is 17.6 Å². The molecular formula is C17H18N2O4. The molecule has 0 radical (unpaired) electrons. The fraction of sp³-hybridized carbons (Fsp3) is 0.235. The number of nitrogens with one attached hydrogen (secondary N) is 1. The second-order valence-electron chi connectivity index (χ2n) is 5.08. The van der Waals surface area contributed by atoms with Crippen molar-refractivity contribution in [3.8, 4) is 5.75 Å². The molecule has 1 amide bonds. The molecule has 0 saturated heterocycles. The van der Waals surface area contributed by atoms with E-state index in [2.05, 4.69) is 10.5 Å². The molecular weight excluding hydrogens is 296 g/mol. The quantitative estimate of drug-likeness (QED) is 0.407. The lowest BCUT2D eigenvalue weighted by Crippen LogP contribution is -2.19. The molecule has 0 aliphatic rings.